The summed E-state index contributed by atoms with van der Waals surface area (Å²) >= 11 is 0. The summed E-state index contributed by atoms with van der Waals surface area (Å²) in [5, 5.41) is 2.63. The fourth-order valence-corrected chi connectivity index (χ4v) is 2.44. The molecule has 0 aromatic heterocycles. The van der Waals surface area contributed by atoms with Crippen LogP contribution in [0.5, 0.6) is 11.5 Å². The van der Waals surface area contributed by atoms with Gasteiger partial charge in [0.15, 0.2) is 11.5 Å². The van der Waals surface area contributed by atoms with E-state index in [0.29, 0.717) is 5.75 Å². The molecule has 27 heavy (non-hydrogen) atoms. The second-order valence-corrected chi connectivity index (χ2v) is 5.28. The first-order valence-electron chi connectivity index (χ1n) is 7.79. The van der Waals surface area contributed by atoms with Gasteiger partial charge in [0.25, 0.3) is 5.91 Å². The first-order valence-corrected chi connectivity index (χ1v) is 7.79. The molecule has 2 rings (SSSR count). The number of para-hydroxylation sites is 1. The summed E-state index contributed by atoms with van der Waals surface area (Å²) in [6, 6.07) is 8.96. The van der Waals surface area contributed by atoms with Gasteiger partial charge < -0.3 is 24.3 Å². The fraction of sp³-hybridized carbons (Fsp3) is 0.211. The van der Waals surface area contributed by atoms with Crippen molar-refractivity contribution in [2.45, 2.75) is 0 Å². The molecule has 1 N–H and O–H groups in total. The second kappa shape index (κ2) is 8.70. The van der Waals surface area contributed by atoms with Crippen LogP contribution in [-0.4, -0.2) is 46.3 Å². The molecule has 0 bridgehead atoms. The predicted molar refractivity (Wildman–Crippen MR) is 96.6 cm³/mol. The summed E-state index contributed by atoms with van der Waals surface area (Å²) in [6.45, 7) is 0. The van der Waals surface area contributed by atoms with E-state index in [4.69, 9.17) is 9.47 Å². The van der Waals surface area contributed by atoms with Gasteiger partial charge in [-0.3, -0.25) is 4.79 Å². The van der Waals surface area contributed by atoms with Crippen molar-refractivity contribution in [1.29, 1.82) is 0 Å². The molecule has 8 nitrogen and oxygen atoms in total. The summed E-state index contributed by atoms with van der Waals surface area (Å²) in [7, 11) is 5.31. The predicted octanol–water partition coefficient (Wildman–Crippen LogP) is 2.53. The quantitative estimate of drug-likeness (QED) is 0.777. The summed E-state index contributed by atoms with van der Waals surface area (Å²) in [4.78, 5) is 36.4. The normalized spacial score (nSPS) is 9.93. The number of amides is 1. The maximum absolute atomic E-state index is 12.7. The third-order valence-electron chi connectivity index (χ3n) is 3.68. The molecule has 2 aromatic rings. The lowest BCUT2D eigenvalue weighted by atomic mass is 10.1. The van der Waals surface area contributed by atoms with E-state index in [1.807, 2.05) is 0 Å². The van der Waals surface area contributed by atoms with Crippen LogP contribution in [0.15, 0.2) is 36.4 Å². The van der Waals surface area contributed by atoms with Crippen LogP contribution in [-0.2, 0) is 9.47 Å². The lowest BCUT2D eigenvalue weighted by molar-refractivity contribution is 0.0599. The minimum atomic E-state index is -0.657. The van der Waals surface area contributed by atoms with Gasteiger partial charge in [-0.2, -0.15) is 0 Å². The van der Waals surface area contributed by atoms with Gasteiger partial charge in [-0.25, -0.2) is 9.59 Å². The number of benzene rings is 2. The average Bonchev–Trinajstić information content (AvgIpc) is 2.71. The SMILES string of the molecule is COC(=O)c1cc(NC(=O)c2cccc(OC)c2OC)cc(C(=O)OC)c1. The van der Waals surface area contributed by atoms with Crippen molar-refractivity contribution >= 4 is 23.5 Å². The number of nitrogens with one attached hydrogen (secondary N) is 1. The Labute approximate surface area is 156 Å². The molecule has 8 heteroatoms. The van der Waals surface area contributed by atoms with Crippen LogP contribution in [0.2, 0.25) is 0 Å². The Morgan fingerprint density at radius 3 is 1.89 bits per heavy atom. The summed E-state index contributed by atoms with van der Waals surface area (Å²) < 4.78 is 19.8. The van der Waals surface area contributed by atoms with Crippen LogP contribution in [0.3, 0.4) is 0 Å². The molecule has 0 spiro atoms. The summed E-state index contributed by atoms with van der Waals surface area (Å²) in [5.74, 6) is -1.17. The fourth-order valence-electron chi connectivity index (χ4n) is 2.44. The van der Waals surface area contributed by atoms with Gasteiger partial charge in [0.1, 0.15) is 0 Å². The average molecular weight is 373 g/mol. The molecule has 2 aromatic carbocycles. The van der Waals surface area contributed by atoms with E-state index >= 15 is 0 Å². The van der Waals surface area contributed by atoms with Crippen LogP contribution < -0.4 is 14.8 Å². The molecule has 0 radical (unpaired) electrons. The highest BCUT2D eigenvalue weighted by Gasteiger charge is 2.19. The van der Waals surface area contributed by atoms with Gasteiger partial charge in [-0.1, -0.05) is 6.07 Å². The largest absolute Gasteiger partial charge is 0.493 e. The van der Waals surface area contributed by atoms with E-state index in [1.165, 1.54) is 46.6 Å². The highest BCUT2D eigenvalue weighted by atomic mass is 16.5. The molecule has 142 valence electrons. The summed E-state index contributed by atoms with van der Waals surface area (Å²) in [6.07, 6.45) is 0. The first kappa shape index (κ1) is 19.8. The number of carbonyl (C=O) groups is 3. The van der Waals surface area contributed by atoms with Gasteiger partial charge in [0.05, 0.1) is 45.1 Å². The number of hydrogen-bond acceptors (Lipinski definition) is 7. The minimum Gasteiger partial charge on any atom is -0.493 e. The molecule has 0 atom stereocenters. The zero-order valence-electron chi connectivity index (χ0n) is 15.3. The van der Waals surface area contributed by atoms with E-state index in [2.05, 4.69) is 14.8 Å². The molecule has 0 aliphatic rings. The van der Waals surface area contributed by atoms with Crippen LogP contribution >= 0.6 is 0 Å². The first-order chi connectivity index (χ1) is 12.9. The van der Waals surface area contributed by atoms with Gasteiger partial charge in [0.2, 0.25) is 0 Å². The number of methoxy groups -OCH3 is 4. The molecule has 0 heterocycles. The maximum atomic E-state index is 12.7. The number of ether oxygens (including phenoxy) is 4. The number of anilines is 1. The van der Waals surface area contributed by atoms with E-state index in [0.717, 1.165) is 0 Å². The van der Waals surface area contributed by atoms with E-state index < -0.39 is 17.8 Å². The Morgan fingerprint density at radius 2 is 1.41 bits per heavy atom. The minimum absolute atomic E-state index is 0.0910. The Bertz CT molecular complexity index is 842. The Morgan fingerprint density at radius 1 is 0.815 bits per heavy atom. The standard InChI is InChI=1S/C19H19NO7/c1-24-15-7-5-6-14(16(15)25-2)17(21)20-13-9-11(18(22)26-3)8-12(10-13)19(23)27-4/h5-10H,1-4H3,(H,20,21). The second-order valence-electron chi connectivity index (χ2n) is 5.28. The number of hydrogen-bond donors (Lipinski definition) is 1. The van der Waals surface area contributed by atoms with Gasteiger partial charge >= 0.3 is 11.9 Å². The lowest BCUT2D eigenvalue weighted by Gasteiger charge is -2.13. The van der Waals surface area contributed by atoms with Crippen molar-refractivity contribution in [3.05, 3.63) is 53.1 Å². The maximum Gasteiger partial charge on any atom is 0.337 e. The number of carbonyl (C=O) groups excluding carboxylic acids is 3. The summed E-state index contributed by atoms with van der Waals surface area (Å²) in [5.41, 5.74) is 0.620. The topological polar surface area (TPSA) is 100 Å². The zero-order valence-corrected chi connectivity index (χ0v) is 15.3. The Kier molecular flexibility index (Phi) is 6.37. The molecule has 0 fully saturated rings. The molecule has 1 amide bonds. The lowest BCUT2D eigenvalue weighted by Crippen LogP contribution is -2.15. The van der Waals surface area contributed by atoms with E-state index in [1.54, 1.807) is 18.2 Å². The van der Waals surface area contributed by atoms with Crippen molar-refractivity contribution in [3.8, 4) is 11.5 Å². The zero-order chi connectivity index (χ0) is 20.0. The molecular formula is C19H19NO7. The molecule has 0 aliphatic carbocycles. The third kappa shape index (κ3) is 4.35. The van der Waals surface area contributed by atoms with Crippen molar-refractivity contribution in [3.63, 3.8) is 0 Å². The van der Waals surface area contributed by atoms with Crippen LogP contribution in [0.4, 0.5) is 5.69 Å². The van der Waals surface area contributed by atoms with E-state index in [-0.39, 0.29) is 28.1 Å². The van der Waals surface area contributed by atoms with Gasteiger partial charge in [-0.05, 0) is 30.3 Å². The molecule has 0 aliphatic heterocycles. The van der Waals surface area contributed by atoms with Crippen LogP contribution in [0.1, 0.15) is 31.1 Å². The van der Waals surface area contributed by atoms with Gasteiger partial charge in [0, 0.05) is 5.69 Å². The van der Waals surface area contributed by atoms with Crippen molar-refractivity contribution in [2.75, 3.05) is 33.8 Å². The highest BCUT2D eigenvalue weighted by molar-refractivity contribution is 6.08. The van der Waals surface area contributed by atoms with Crippen LogP contribution in [0.25, 0.3) is 0 Å². The number of esters is 2. The Balaban J connectivity index is 2.43. The molecule has 0 saturated heterocycles. The monoisotopic (exact) mass is 373 g/mol. The van der Waals surface area contributed by atoms with E-state index in [9.17, 15) is 14.4 Å². The molecular weight excluding hydrogens is 354 g/mol. The molecule has 0 saturated carbocycles. The van der Waals surface area contributed by atoms with Crippen molar-refractivity contribution < 1.29 is 33.3 Å². The third-order valence-corrected chi connectivity index (χ3v) is 3.68. The number of rotatable bonds is 6. The highest BCUT2D eigenvalue weighted by Crippen LogP contribution is 2.31. The van der Waals surface area contributed by atoms with Crippen LogP contribution in [0, 0.1) is 0 Å². The Hall–Kier alpha value is -3.55. The smallest absolute Gasteiger partial charge is 0.337 e. The van der Waals surface area contributed by atoms with Gasteiger partial charge in [-0.15, -0.1) is 0 Å². The van der Waals surface area contributed by atoms with Crippen molar-refractivity contribution in [2.24, 2.45) is 0 Å². The molecule has 0 unspecified atom stereocenters. The van der Waals surface area contributed by atoms with Crippen molar-refractivity contribution in [1.82, 2.24) is 0 Å².